The average Bonchev–Trinajstić information content (AvgIpc) is 2.53. The van der Waals surface area contributed by atoms with Crippen molar-refractivity contribution in [3.8, 4) is 11.5 Å². The van der Waals surface area contributed by atoms with Gasteiger partial charge in [-0.1, -0.05) is 6.07 Å². The number of hydrogen-bond donors (Lipinski definition) is 2. The fourth-order valence-electron chi connectivity index (χ4n) is 1.79. The highest BCUT2D eigenvalue weighted by molar-refractivity contribution is 5.85. The van der Waals surface area contributed by atoms with E-state index >= 15 is 0 Å². The van der Waals surface area contributed by atoms with Gasteiger partial charge in [0.1, 0.15) is 0 Å². The SMILES string of the molecule is COc1cc(/C=C/C(=O)O)ccc1O.Cc1nc(C)c(C)nc1C. The van der Waals surface area contributed by atoms with Gasteiger partial charge in [-0.3, -0.25) is 9.97 Å². The molecule has 0 aliphatic carbocycles. The van der Waals surface area contributed by atoms with Crippen LogP contribution in [-0.2, 0) is 4.79 Å². The van der Waals surface area contributed by atoms with Crippen molar-refractivity contribution < 1.29 is 19.7 Å². The van der Waals surface area contributed by atoms with Crippen LogP contribution in [0, 0.1) is 27.7 Å². The van der Waals surface area contributed by atoms with Crippen molar-refractivity contribution >= 4 is 12.0 Å². The minimum atomic E-state index is -1.02. The summed E-state index contributed by atoms with van der Waals surface area (Å²) in [6.45, 7) is 7.92. The Morgan fingerprint density at radius 3 is 1.96 bits per heavy atom. The summed E-state index contributed by atoms with van der Waals surface area (Å²) in [4.78, 5) is 18.8. The number of carbonyl (C=O) groups is 1. The fourth-order valence-corrected chi connectivity index (χ4v) is 1.79. The highest BCUT2D eigenvalue weighted by Gasteiger charge is 2.00. The molecule has 2 rings (SSSR count). The van der Waals surface area contributed by atoms with E-state index in [9.17, 15) is 9.90 Å². The monoisotopic (exact) mass is 330 g/mol. The quantitative estimate of drug-likeness (QED) is 0.840. The first-order valence-electron chi connectivity index (χ1n) is 7.31. The van der Waals surface area contributed by atoms with E-state index in [0.717, 1.165) is 28.9 Å². The number of aliphatic carboxylic acids is 1. The number of benzene rings is 1. The van der Waals surface area contributed by atoms with Gasteiger partial charge >= 0.3 is 5.97 Å². The number of aromatic nitrogens is 2. The molecule has 1 heterocycles. The minimum absolute atomic E-state index is 0.0278. The number of carboxylic acids is 1. The van der Waals surface area contributed by atoms with Crippen molar-refractivity contribution in [2.24, 2.45) is 0 Å². The largest absolute Gasteiger partial charge is 0.504 e. The Morgan fingerprint density at radius 2 is 1.54 bits per heavy atom. The average molecular weight is 330 g/mol. The van der Waals surface area contributed by atoms with Gasteiger partial charge in [0.2, 0.25) is 0 Å². The second-order valence-corrected chi connectivity index (χ2v) is 5.17. The van der Waals surface area contributed by atoms with E-state index < -0.39 is 5.97 Å². The van der Waals surface area contributed by atoms with Crippen LogP contribution in [0.15, 0.2) is 24.3 Å². The second kappa shape index (κ2) is 8.67. The highest BCUT2D eigenvalue weighted by Crippen LogP contribution is 2.26. The van der Waals surface area contributed by atoms with Crippen LogP contribution < -0.4 is 4.74 Å². The summed E-state index contributed by atoms with van der Waals surface area (Å²) in [5.41, 5.74) is 4.78. The van der Waals surface area contributed by atoms with E-state index in [4.69, 9.17) is 9.84 Å². The molecule has 0 aliphatic heterocycles. The number of aromatic hydroxyl groups is 1. The van der Waals surface area contributed by atoms with E-state index in [1.165, 1.54) is 19.3 Å². The molecule has 6 nitrogen and oxygen atoms in total. The molecule has 0 bridgehead atoms. The van der Waals surface area contributed by atoms with E-state index in [1.54, 1.807) is 12.1 Å². The van der Waals surface area contributed by atoms with Crippen molar-refractivity contribution in [2.45, 2.75) is 27.7 Å². The van der Waals surface area contributed by atoms with Crippen molar-refractivity contribution in [2.75, 3.05) is 7.11 Å². The number of ether oxygens (including phenoxy) is 1. The molecular weight excluding hydrogens is 308 g/mol. The number of phenols is 1. The molecule has 128 valence electrons. The summed E-state index contributed by atoms with van der Waals surface area (Å²) in [5, 5.41) is 17.6. The topological polar surface area (TPSA) is 92.5 Å². The molecule has 0 aliphatic rings. The Labute approximate surface area is 141 Å². The maximum Gasteiger partial charge on any atom is 0.328 e. The summed E-state index contributed by atoms with van der Waals surface area (Å²) in [6, 6.07) is 4.59. The number of aryl methyl sites for hydroxylation is 4. The molecule has 6 heteroatoms. The molecule has 2 aromatic rings. The zero-order valence-corrected chi connectivity index (χ0v) is 14.5. The van der Waals surface area contributed by atoms with Gasteiger partial charge in [-0.25, -0.2) is 4.79 Å². The summed E-state index contributed by atoms with van der Waals surface area (Å²) in [7, 11) is 1.43. The Morgan fingerprint density at radius 1 is 1.04 bits per heavy atom. The van der Waals surface area contributed by atoms with Gasteiger partial charge < -0.3 is 14.9 Å². The zero-order valence-electron chi connectivity index (χ0n) is 14.5. The van der Waals surface area contributed by atoms with Crippen LogP contribution in [0.25, 0.3) is 6.08 Å². The number of carboxylic acid groups (broad SMARTS) is 1. The first-order chi connectivity index (χ1) is 11.2. The van der Waals surface area contributed by atoms with Crippen LogP contribution in [0.4, 0.5) is 0 Å². The number of rotatable bonds is 3. The van der Waals surface area contributed by atoms with E-state index in [0.29, 0.717) is 11.3 Å². The van der Waals surface area contributed by atoms with Crippen molar-refractivity contribution in [1.29, 1.82) is 0 Å². The van der Waals surface area contributed by atoms with Crippen molar-refractivity contribution in [3.05, 3.63) is 52.6 Å². The third-order valence-corrected chi connectivity index (χ3v) is 3.34. The predicted molar refractivity (Wildman–Crippen MR) is 92.3 cm³/mol. The molecule has 0 unspecified atom stereocenters. The molecule has 0 saturated heterocycles. The lowest BCUT2D eigenvalue weighted by molar-refractivity contribution is -0.131. The molecule has 0 fully saturated rings. The molecule has 0 spiro atoms. The van der Waals surface area contributed by atoms with Gasteiger partial charge in [-0.15, -0.1) is 0 Å². The zero-order chi connectivity index (χ0) is 18.3. The number of hydrogen-bond acceptors (Lipinski definition) is 5. The molecule has 0 radical (unpaired) electrons. The Bertz CT molecular complexity index is 705. The van der Waals surface area contributed by atoms with Crippen LogP contribution in [-0.4, -0.2) is 33.3 Å². The molecule has 0 atom stereocenters. The van der Waals surface area contributed by atoms with Crippen LogP contribution in [0.2, 0.25) is 0 Å². The van der Waals surface area contributed by atoms with Crippen LogP contribution in [0.3, 0.4) is 0 Å². The van der Waals surface area contributed by atoms with Crippen molar-refractivity contribution in [3.63, 3.8) is 0 Å². The first-order valence-corrected chi connectivity index (χ1v) is 7.31. The minimum Gasteiger partial charge on any atom is -0.504 e. The smallest absolute Gasteiger partial charge is 0.328 e. The number of phenolic OH excluding ortho intramolecular Hbond substituents is 1. The standard InChI is InChI=1S/C10H10O4.C8H12N2/c1-14-9-6-7(2-4-8(9)11)3-5-10(12)13;1-5-6(2)10-8(4)7(3)9-5/h2-6,11H,1H3,(H,12,13);1-4H3/b5-3+;. The van der Waals surface area contributed by atoms with Crippen LogP contribution >= 0.6 is 0 Å². The van der Waals surface area contributed by atoms with Gasteiger partial charge in [0.15, 0.2) is 11.5 Å². The highest BCUT2D eigenvalue weighted by atomic mass is 16.5. The van der Waals surface area contributed by atoms with E-state index in [1.807, 2.05) is 27.7 Å². The van der Waals surface area contributed by atoms with Gasteiger partial charge in [0.25, 0.3) is 0 Å². The molecule has 1 aromatic carbocycles. The van der Waals surface area contributed by atoms with Gasteiger partial charge in [0, 0.05) is 6.08 Å². The lowest BCUT2D eigenvalue weighted by atomic mass is 10.2. The molecular formula is C18H22N2O4. The number of nitrogens with zero attached hydrogens (tertiary/aromatic N) is 2. The predicted octanol–water partition coefficient (Wildman–Crippen LogP) is 3.21. The summed E-state index contributed by atoms with van der Waals surface area (Å²) in [6.07, 6.45) is 2.44. The summed E-state index contributed by atoms with van der Waals surface area (Å²) >= 11 is 0. The lowest BCUT2D eigenvalue weighted by Gasteiger charge is -2.03. The molecule has 0 amide bonds. The molecule has 0 saturated carbocycles. The van der Waals surface area contributed by atoms with E-state index in [2.05, 4.69) is 9.97 Å². The number of methoxy groups -OCH3 is 1. The Kier molecular flexibility index (Phi) is 6.92. The lowest BCUT2D eigenvalue weighted by Crippen LogP contribution is -1.97. The molecule has 1 aromatic heterocycles. The Balaban J connectivity index is 0.000000254. The van der Waals surface area contributed by atoms with Crippen LogP contribution in [0.1, 0.15) is 28.3 Å². The molecule has 24 heavy (non-hydrogen) atoms. The van der Waals surface area contributed by atoms with Gasteiger partial charge in [0.05, 0.1) is 29.9 Å². The second-order valence-electron chi connectivity index (χ2n) is 5.17. The van der Waals surface area contributed by atoms with Crippen molar-refractivity contribution in [1.82, 2.24) is 9.97 Å². The normalized spacial score (nSPS) is 10.2. The maximum atomic E-state index is 10.2. The molecule has 2 N–H and O–H groups in total. The summed E-state index contributed by atoms with van der Waals surface area (Å²) < 4.78 is 4.86. The first kappa shape index (κ1) is 19.2. The maximum absolute atomic E-state index is 10.2. The Hall–Kier alpha value is -2.89. The van der Waals surface area contributed by atoms with Crippen LogP contribution in [0.5, 0.6) is 11.5 Å². The summed E-state index contributed by atoms with van der Waals surface area (Å²) in [5.74, 6) is -0.672. The third kappa shape index (κ3) is 5.72. The third-order valence-electron chi connectivity index (χ3n) is 3.34. The van der Waals surface area contributed by atoms with Gasteiger partial charge in [-0.2, -0.15) is 0 Å². The fraction of sp³-hybridized carbons (Fsp3) is 0.278. The van der Waals surface area contributed by atoms with E-state index in [-0.39, 0.29) is 5.75 Å². The van der Waals surface area contributed by atoms with Gasteiger partial charge in [-0.05, 0) is 51.5 Å².